The van der Waals surface area contributed by atoms with Gasteiger partial charge in [-0.3, -0.25) is 4.79 Å². The Kier molecular flexibility index (Phi) is 6.33. The van der Waals surface area contributed by atoms with E-state index in [4.69, 9.17) is 5.11 Å². The van der Waals surface area contributed by atoms with Gasteiger partial charge in [-0.05, 0) is 32.5 Å². The van der Waals surface area contributed by atoms with Crippen LogP contribution in [0.2, 0.25) is 0 Å². The maximum Gasteiger partial charge on any atom is 0.306 e. The normalized spacial score (nSPS) is 17.0. The minimum Gasteiger partial charge on any atom is -0.481 e. The first-order chi connectivity index (χ1) is 8.24. The van der Waals surface area contributed by atoms with Gasteiger partial charge in [-0.15, -0.1) is 0 Å². The number of piperidine rings is 1. The van der Waals surface area contributed by atoms with Crippen molar-refractivity contribution in [1.82, 2.24) is 4.90 Å². The van der Waals surface area contributed by atoms with Crippen molar-refractivity contribution in [2.24, 2.45) is 5.92 Å². The van der Waals surface area contributed by atoms with Crippen LogP contribution in [-0.4, -0.2) is 35.6 Å². The van der Waals surface area contributed by atoms with Crippen LogP contribution in [0.1, 0.15) is 19.8 Å². The number of hydrogen-bond acceptors (Lipinski definition) is 2. The zero-order valence-electron chi connectivity index (χ0n) is 10.4. The molecule has 0 bridgehead atoms. The van der Waals surface area contributed by atoms with E-state index in [0.717, 1.165) is 32.5 Å². The van der Waals surface area contributed by atoms with Crippen molar-refractivity contribution in [3.8, 4) is 0 Å². The topological polar surface area (TPSA) is 40.5 Å². The van der Waals surface area contributed by atoms with Gasteiger partial charge in [-0.1, -0.05) is 43.3 Å². The van der Waals surface area contributed by atoms with Gasteiger partial charge in [0.1, 0.15) is 0 Å². The van der Waals surface area contributed by atoms with Gasteiger partial charge in [0.05, 0.1) is 5.92 Å². The van der Waals surface area contributed by atoms with E-state index in [9.17, 15) is 4.79 Å². The molecule has 0 saturated carbocycles. The van der Waals surface area contributed by atoms with E-state index in [1.807, 2.05) is 36.4 Å². The summed E-state index contributed by atoms with van der Waals surface area (Å²) in [6.45, 7) is 5.06. The van der Waals surface area contributed by atoms with Crippen molar-refractivity contribution in [2.75, 3.05) is 19.6 Å². The first kappa shape index (κ1) is 13.7. The lowest BCUT2D eigenvalue weighted by Crippen LogP contribution is -2.35. The van der Waals surface area contributed by atoms with E-state index < -0.39 is 5.97 Å². The number of likely N-dealkylation sites (tertiary alicyclic amines) is 1. The van der Waals surface area contributed by atoms with Gasteiger partial charge in [0.25, 0.3) is 0 Å². The molecule has 94 valence electrons. The Morgan fingerprint density at radius 1 is 1.12 bits per heavy atom. The zero-order chi connectivity index (χ0) is 12.5. The van der Waals surface area contributed by atoms with Crippen LogP contribution in [0.5, 0.6) is 0 Å². The largest absolute Gasteiger partial charge is 0.481 e. The van der Waals surface area contributed by atoms with Crippen LogP contribution in [0.25, 0.3) is 0 Å². The first-order valence-electron chi connectivity index (χ1n) is 6.19. The number of aliphatic carboxylic acids is 1. The molecule has 1 aromatic rings. The Hall–Kier alpha value is -1.35. The van der Waals surface area contributed by atoms with Crippen LogP contribution >= 0.6 is 0 Å². The highest BCUT2D eigenvalue weighted by molar-refractivity contribution is 5.70. The minimum atomic E-state index is -0.624. The highest BCUT2D eigenvalue weighted by Gasteiger charge is 2.23. The van der Waals surface area contributed by atoms with E-state index in [-0.39, 0.29) is 5.92 Å². The summed E-state index contributed by atoms with van der Waals surface area (Å²) in [5, 5.41) is 8.68. The first-order valence-corrected chi connectivity index (χ1v) is 6.19. The lowest BCUT2D eigenvalue weighted by molar-refractivity contribution is -0.143. The highest BCUT2D eigenvalue weighted by atomic mass is 16.4. The van der Waals surface area contributed by atoms with Crippen molar-refractivity contribution in [2.45, 2.75) is 19.8 Å². The molecule has 0 amide bonds. The van der Waals surface area contributed by atoms with Crippen LogP contribution in [0.3, 0.4) is 0 Å². The van der Waals surface area contributed by atoms with Crippen LogP contribution in [0.4, 0.5) is 0 Å². The van der Waals surface area contributed by atoms with E-state index in [1.165, 1.54) is 0 Å². The van der Waals surface area contributed by atoms with Gasteiger partial charge >= 0.3 is 5.97 Å². The molecule has 1 aliphatic heterocycles. The van der Waals surface area contributed by atoms with Gasteiger partial charge in [0.15, 0.2) is 0 Å². The average Bonchev–Trinajstić information content (AvgIpc) is 2.41. The molecule has 1 fully saturated rings. The van der Waals surface area contributed by atoms with E-state index in [2.05, 4.69) is 11.8 Å². The maximum absolute atomic E-state index is 10.5. The Bertz CT molecular complexity index is 279. The Balaban J connectivity index is 0.000000202. The van der Waals surface area contributed by atoms with Gasteiger partial charge in [-0.25, -0.2) is 0 Å². The molecule has 1 saturated heterocycles. The number of benzene rings is 1. The summed E-state index contributed by atoms with van der Waals surface area (Å²) in [6.07, 6.45) is 1.65. The Morgan fingerprint density at radius 3 is 1.82 bits per heavy atom. The zero-order valence-corrected chi connectivity index (χ0v) is 10.4. The smallest absolute Gasteiger partial charge is 0.306 e. The predicted octanol–water partition coefficient (Wildman–Crippen LogP) is 2.49. The van der Waals surface area contributed by atoms with Crippen molar-refractivity contribution < 1.29 is 9.90 Å². The number of nitrogens with zero attached hydrogens (tertiary/aromatic N) is 1. The summed E-state index contributed by atoms with van der Waals surface area (Å²) in [6, 6.07) is 12.0. The molecule has 1 heterocycles. The van der Waals surface area contributed by atoms with Crippen LogP contribution in [0, 0.1) is 5.92 Å². The summed E-state index contributed by atoms with van der Waals surface area (Å²) in [5.41, 5.74) is 0. The van der Waals surface area contributed by atoms with Crippen LogP contribution in [0.15, 0.2) is 36.4 Å². The lowest BCUT2D eigenvalue weighted by atomic mass is 9.97. The fraction of sp³-hybridized carbons (Fsp3) is 0.500. The molecular weight excluding hydrogens is 214 g/mol. The fourth-order valence-corrected chi connectivity index (χ4v) is 1.88. The van der Waals surface area contributed by atoms with Crippen molar-refractivity contribution in [3.05, 3.63) is 36.4 Å². The molecule has 1 aliphatic rings. The summed E-state index contributed by atoms with van der Waals surface area (Å²) in [5.74, 6) is -0.710. The van der Waals surface area contributed by atoms with Gasteiger partial charge in [-0.2, -0.15) is 0 Å². The SMILES string of the molecule is CCN1CCC(C(=O)O)CC1.c1ccccc1. The molecule has 3 nitrogen and oxygen atoms in total. The fourth-order valence-electron chi connectivity index (χ4n) is 1.88. The summed E-state index contributed by atoms with van der Waals surface area (Å²) >= 11 is 0. The highest BCUT2D eigenvalue weighted by Crippen LogP contribution is 2.16. The third-order valence-electron chi connectivity index (χ3n) is 3.05. The Morgan fingerprint density at radius 2 is 1.53 bits per heavy atom. The van der Waals surface area contributed by atoms with Crippen LogP contribution in [-0.2, 0) is 4.79 Å². The number of carboxylic acid groups (broad SMARTS) is 1. The molecule has 17 heavy (non-hydrogen) atoms. The summed E-state index contributed by atoms with van der Waals surface area (Å²) < 4.78 is 0. The average molecular weight is 235 g/mol. The molecule has 0 aromatic heterocycles. The quantitative estimate of drug-likeness (QED) is 0.856. The second-order valence-corrected chi connectivity index (χ2v) is 4.20. The minimum absolute atomic E-state index is 0.0854. The van der Waals surface area contributed by atoms with Gasteiger partial charge in [0.2, 0.25) is 0 Å². The van der Waals surface area contributed by atoms with E-state index >= 15 is 0 Å². The van der Waals surface area contributed by atoms with Crippen molar-refractivity contribution in [1.29, 1.82) is 0 Å². The monoisotopic (exact) mass is 235 g/mol. The third-order valence-corrected chi connectivity index (χ3v) is 3.05. The summed E-state index contributed by atoms with van der Waals surface area (Å²) in [7, 11) is 0. The van der Waals surface area contributed by atoms with Crippen molar-refractivity contribution in [3.63, 3.8) is 0 Å². The molecule has 0 aliphatic carbocycles. The molecule has 0 spiro atoms. The molecule has 0 unspecified atom stereocenters. The second-order valence-electron chi connectivity index (χ2n) is 4.20. The number of carbonyl (C=O) groups is 1. The summed E-state index contributed by atoms with van der Waals surface area (Å²) in [4.78, 5) is 12.8. The van der Waals surface area contributed by atoms with E-state index in [1.54, 1.807) is 0 Å². The van der Waals surface area contributed by atoms with Gasteiger partial charge in [0, 0.05) is 0 Å². The molecule has 0 atom stereocenters. The number of hydrogen-bond donors (Lipinski definition) is 1. The molecule has 1 aromatic carbocycles. The van der Waals surface area contributed by atoms with Crippen LogP contribution < -0.4 is 0 Å². The van der Waals surface area contributed by atoms with E-state index in [0.29, 0.717) is 0 Å². The predicted molar refractivity (Wildman–Crippen MR) is 68.9 cm³/mol. The standard InChI is InChI=1S/C8H15NO2.C6H6/c1-2-9-5-3-7(4-6-9)8(10)11;1-2-4-6-5-3-1/h7H,2-6H2,1H3,(H,10,11);1-6H. The lowest BCUT2D eigenvalue weighted by Gasteiger charge is -2.28. The second kappa shape index (κ2) is 7.85. The number of carboxylic acids is 1. The number of rotatable bonds is 2. The molecular formula is C14H21NO2. The Labute approximate surface area is 103 Å². The molecule has 1 N–H and O–H groups in total. The van der Waals surface area contributed by atoms with Gasteiger partial charge < -0.3 is 10.0 Å². The molecule has 3 heteroatoms. The third kappa shape index (κ3) is 5.50. The molecule has 0 radical (unpaired) electrons. The van der Waals surface area contributed by atoms with Crippen molar-refractivity contribution >= 4 is 5.97 Å². The maximum atomic E-state index is 10.5. The molecule has 2 rings (SSSR count).